The van der Waals surface area contributed by atoms with Gasteiger partial charge in [-0.25, -0.2) is 9.59 Å². The maximum absolute atomic E-state index is 13.0. The number of rotatable bonds is 6. The summed E-state index contributed by atoms with van der Waals surface area (Å²) in [5, 5.41) is 5.60. The lowest BCUT2D eigenvalue weighted by Gasteiger charge is -2.31. The summed E-state index contributed by atoms with van der Waals surface area (Å²) in [5.41, 5.74) is 6.90. The monoisotopic (exact) mass is 611 g/mol. The Labute approximate surface area is 256 Å². The van der Waals surface area contributed by atoms with Gasteiger partial charge in [-0.1, -0.05) is 43.6 Å². The standard InChI is InChI=1S/C31H32ClNO4S2.C2H6/c1-19(17-38-3)30(34)36-27-15-25-24(28(32)29(27)37-31(35)23-11-13-39-18-23)8-5-12-33(2)16-26(25)22-10-9-20-6-4-7-21(20)14-22;1-2/h9-11,13-15,17-18,26H,4-8,12,16H2,1-3H3;1-2H3/b19-17+;. The Morgan fingerprint density at radius 2 is 1.85 bits per heavy atom. The van der Waals surface area contributed by atoms with E-state index in [1.165, 1.54) is 46.2 Å². The predicted octanol–water partition coefficient (Wildman–Crippen LogP) is 8.32. The lowest BCUT2D eigenvalue weighted by Crippen LogP contribution is -2.29. The highest BCUT2D eigenvalue weighted by molar-refractivity contribution is 8.01. The summed E-state index contributed by atoms with van der Waals surface area (Å²) >= 11 is 9.90. The van der Waals surface area contributed by atoms with Crippen molar-refractivity contribution < 1.29 is 19.1 Å². The molecule has 5 rings (SSSR count). The molecule has 2 aromatic carbocycles. The fourth-order valence-corrected chi connectivity index (χ4v) is 6.87. The van der Waals surface area contributed by atoms with Gasteiger partial charge < -0.3 is 14.4 Å². The molecule has 1 aliphatic carbocycles. The number of nitrogens with zero attached hydrogens (tertiary/aromatic N) is 1. The average molecular weight is 612 g/mol. The Hall–Kier alpha value is -2.58. The minimum atomic E-state index is -0.535. The van der Waals surface area contributed by atoms with Crippen LogP contribution in [0.5, 0.6) is 11.5 Å². The highest BCUT2D eigenvalue weighted by Crippen LogP contribution is 2.46. The summed E-state index contributed by atoms with van der Waals surface area (Å²) in [6.07, 6.45) is 6.93. The van der Waals surface area contributed by atoms with Crippen LogP contribution in [-0.2, 0) is 24.1 Å². The van der Waals surface area contributed by atoms with Crippen molar-refractivity contribution in [1.29, 1.82) is 0 Å². The predicted molar refractivity (Wildman–Crippen MR) is 171 cm³/mol. The summed E-state index contributed by atoms with van der Waals surface area (Å²) in [6, 6.07) is 10.4. The number of thioether (sulfide) groups is 1. The fraction of sp³-hybridized carbons (Fsp3) is 0.394. The molecule has 2 heterocycles. The number of fused-ring (bicyclic) bond motifs is 2. The van der Waals surface area contributed by atoms with Crippen molar-refractivity contribution in [3.63, 3.8) is 0 Å². The van der Waals surface area contributed by atoms with Crippen molar-refractivity contribution in [3.8, 4) is 11.5 Å². The van der Waals surface area contributed by atoms with Gasteiger partial charge >= 0.3 is 11.9 Å². The van der Waals surface area contributed by atoms with Gasteiger partial charge in [-0.15, -0.1) is 11.8 Å². The maximum Gasteiger partial charge on any atom is 0.344 e. The lowest BCUT2D eigenvalue weighted by atomic mass is 9.83. The Bertz CT molecular complexity index is 1420. The molecule has 1 atom stereocenters. The SMILES string of the molecule is CC.CS/C=C(\C)C(=O)Oc1cc2c(c(Cl)c1OC(=O)c1ccsc1)CCCN(C)CC2c1ccc2c(c1)CCC2. The molecule has 5 nitrogen and oxygen atoms in total. The van der Waals surface area contributed by atoms with Crippen LogP contribution in [-0.4, -0.2) is 43.2 Å². The molecule has 1 aliphatic heterocycles. The molecule has 0 N–H and O–H groups in total. The Morgan fingerprint density at radius 3 is 2.59 bits per heavy atom. The van der Waals surface area contributed by atoms with Crippen LogP contribution in [0.3, 0.4) is 0 Å². The van der Waals surface area contributed by atoms with E-state index in [1.54, 1.807) is 23.8 Å². The van der Waals surface area contributed by atoms with E-state index in [2.05, 4.69) is 30.1 Å². The van der Waals surface area contributed by atoms with Gasteiger partial charge in [0.05, 0.1) is 10.6 Å². The molecule has 1 unspecified atom stereocenters. The quantitative estimate of drug-likeness (QED) is 0.159. The van der Waals surface area contributed by atoms with E-state index in [9.17, 15) is 9.59 Å². The number of likely N-dealkylation sites (N-methyl/N-ethyl adjacent to an activating group) is 1. The first-order valence-corrected chi connectivity index (χ1v) is 16.8. The van der Waals surface area contributed by atoms with E-state index in [4.69, 9.17) is 21.1 Å². The zero-order valence-electron chi connectivity index (χ0n) is 24.4. The van der Waals surface area contributed by atoms with Crippen LogP contribution in [0.15, 0.2) is 52.1 Å². The summed E-state index contributed by atoms with van der Waals surface area (Å²) in [7, 11) is 2.14. The zero-order valence-corrected chi connectivity index (χ0v) is 26.8. The normalized spacial score (nSPS) is 16.9. The Morgan fingerprint density at radius 1 is 1.07 bits per heavy atom. The Kier molecular flexibility index (Phi) is 11.1. The van der Waals surface area contributed by atoms with Crippen molar-refractivity contribution in [1.82, 2.24) is 4.90 Å². The minimum Gasteiger partial charge on any atom is -0.419 e. The third-order valence-corrected chi connectivity index (χ3v) is 9.13. The van der Waals surface area contributed by atoms with E-state index in [1.807, 2.05) is 31.5 Å². The molecular formula is C33H38ClNO4S2. The lowest BCUT2D eigenvalue weighted by molar-refractivity contribution is -0.130. The minimum absolute atomic E-state index is 0.0237. The second kappa shape index (κ2) is 14.5. The first kappa shape index (κ1) is 31.4. The zero-order chi connectivity index (χ0) is 29.5. The first-order chi connectivity index (χ1) is 19.9. The number of ether oxygens (including phenoxy) is 2. The molecule has 2 aliphatic rings. The largest absolute Gasteiger partial charge is 0.419 e. The molecule has 0 amide bonds. The van der Waals surface area contributed by atoms with Gasteiger partial charge in [0.1, 0.15) is 0 Å². The number of benzene rings is 2. The highest BCUT2D eigenvalue weighted by Gasteiger charge is 2.30. The van der Waals surface area contributed by atoms with Crippen LogP contribution in [0.2, 0.25) is 5.02 Å². The molecule has 8 heteroatoms. The molecule has 0 fully saturated rings. The van der Waals surface area contributed by atoms with Crippen LogP contribution in [0, 0.1) is 0 Å². The molecule has 0 spiro atoms. The summed E-state index contributed by atoms with van der Waals surface area (Å²) in [6.45, 7) is 7.43. The number of halogens is 1. The van der Waals surface area contributed by atoms with Crippen molar-refractivity contribution in [2.24, 2.45) is 0 Å². The van der Waals surface area contributed by atoms with E-state index < -0.39 is 11.9 Å². The number of hydrogen-bond acceptors (Lipinski definition) is 7. The second-order valence-corrected chi connectivity index (χ2v) is 12.1. The number of carbonyl (C=O) groups is 2. The smallest absolute Gasteiger partial charge is 0.344 e. The maximum atomic E-state index is 13.0. The number of thiophene rings is 1. The van der Waals surface area contributed by atoms with Gasteiger partial charge in [0.2, 0.25) is 0 Å². The van der Waals surface area contributed by atoms with Gasteiger partial charge in [0, 0.05) is 23.4 Å². The molecule has 218 valence electrons. The molecule has 0 saturated carbocycles. The van der Waals surface area contributed by atoms with Crippen LogP contribution in [0.1, 0.15) is 77.7 Å². The van der Waals surface area contributed by atoms with Gasteiger partial charge in [-0.05, 0) is 110 Å². The molecular weight excluding hydrogens is 574 g/mol. The summed E-state index contributed by atoms with van der Waals surface area (Å²) < 4.78 is 11.7. The molecule has 41 heavy (non-hydrogen) atoms. The van der Waals surface area contributed by atoms with Crippen LogP contribution < -0.4 is 9.47 Å². The number of esters is 2. The van der Waals surface area contributed by atoms with E-state index in [-0.39, 0.29) is 17.4 Å². The fourth-order valence-electron chi connectivity index (χ4n) is 5.46. The van der Waals surface area contributed by atoms with Crippen molar-refractivity contribution >= 4 is 46.6 Å². The molecule has 0 radical (unpaired) electrons. The number of aryl methyl sites for hydroxylation is 2. The van der Waals surface area contributed by atoms with Gasteiger partial charge in [0.25, 0.3) is 0 Å². The van der Waals surface area contributed by atoms with E-state index in [0.29, 0.717) is 16.2 Å². The molecule has 0 bridgehead atoms. The topological polar surface area (TPSA) is 55.8 Å². The third-order valence-electron chi connectivity index (χ3n) is 7.46. The van der Waals surface area contributed by atoms with Gasteiger partial charge in [-0.3, -0.25) is 0 Å². The number of hydrogen-bond donors (Lipinski definition) is 0. The number of carbonyl (C=O) groups excluding carboxylic acids is 2. The highest BCUT2D eigenvalue weighted by atomic mass is 35.5. The second-order valence-electron chi connectivity index (χ2n) is 10.2. The summed E-state index contributed by atoms with van der Waals surface area (Å²) in [5.74, 6) is -0.762. The van der Waals surface area contributed by atoms with Crippen LogP contribution in [0.4, 0.5) is 0 Å². The molecule has 0 saturated heterocycles. The molecule has 1 aromatic heterocycles. The summed E-state index contributed by atoms with van der Waals surface area (Å²) in [4.78, 5) is 28.3. The van der Waals surface area contributed by atoms with E-state index >= 15 is 0 Å². The van der Waals surface area contributed by atoms with Crippen LogP contribution in [0.25, 0.3) is 0 Å². The van der Waals surface area contributed by atoms with E-state index in [0.717, 1.165) is 49.9 Å². The van der Waals surface area contributed by atoms with Crippen molar-refractivity contribution in [2.75, 3.05) is 26.4 Å². The van der Waals surface area contributed by atoms with Gasteiger partial charge in [-0.2, -0.15) is 11.3 Å². The third kappa shape index (κ3) is 7.26. The van der Waals surface area contributed by atoms with Crippen molar-refractivity contribution in [3.05, 3.63) is 90.5 Å². The van der Waals surface area contributed by atoms with Gasteiger partial charge in [0.15, 0.2) is 11.5 Å². The van der Waals surface area contributed by atoms with Crippen LogP contribution >= 0.6 is 34.7 Å². The first-order valence-electron chi connectivity index (χ1n) is 14.2. The van der Waals surface area contributed by atoms with Crippen molar-refractivity contribution in [2.45, 2.75) is 58.8 Å². The Balaban J connectivity index is 0.00000189. The molecule has 3 aromatic rings. The average Bonchev–Trinajstić information content (AvgIpc) is 3.67.